The molecule has 132 valence electrons. The number of halogens is 2. The summed E-state index contributed by atoms with van der Waals surface area (Å²) >= 11 is 3.45. The van der Waals surface area contributed by atoms with E-state index in [-0.39, 0.29) is 31.1 Å². The predicted octanol–water partition coefficient (Wildman–Crippen LogP) is 3.38. The third-order valence-corrected chi connectivity index (χ3v) is 4.24. The molecule has 2 aromatic rings. The van der Waals surface area contributed by atoms with Crippen LogP contribution in [0.15, 0.2) is 53.0 Å². The standard InChI is InChI=1S/C18H19BrFN3O2/c1-12(15-4-2-3-5-16(15)19)23-18(25)22-11-10-21-17(24)13-6-8-14(20)9-7-13/h2-9,12H,10-11H2,1H3,(H,21,24)(H2,22,23,25). The lowest BCUT2D eigenvalue weighted by Crippen LogP contribution is -2.41. The van der Waals surface area contributed by atoms with E-state index in [1.807, 2.05) is 31.2 Å². The van der Waals surface area contributed by atoms with E-state index in [1.165, 1.54) is 24.3 Å². The fourth-order valence-electron chi connectivity index (χ4n) is 2.21. The number of benzene rings is 2. The molecule has 1 atom stereocenters. The molecule has 0 heterocycles. The number of rotatable bonds is 6. The minimum Gasteiger partial charge on any atom is -0.350 e. The number of carbonyl (C=O) groups is 2. The van der Waals surface area contributed by atoms with Crippen LogP contribution in [0.3, 0.4) is 0 Å². The van der Waals surface area contributed by atoms with Gasteiger partial charge >= 0.3 is 6.03 Å². The molecule has 0 aliphatic rings. The molecule has 0 spiro atoms. The molecule has 0 fully saturated rings. The average molecular weight is 408 g/mol. The second-order valence-corrected chi connectivity index (χ2v) is 6.26. The molecule has 0 aromatic heterocycles. The van der Waals surface area contributed by atoms with Crippen LogP contribution in [0, 0.1) is 5.82 Å². The molecular formula is C18H19BrFN3O2. The Hall–Kier alpha value is -2.41. The van der Waals surface area contributed by atoms with E-state index in [0.29, 0.717) is 5.56 Å². The van der Waals surface area contributed by atoms with Gasteiger partial charge in [-0.1, -0.05) is 34.1 Å². The molecule has 0 saturated carbocycles. The summed E-state index contributed by atoms with van der Waals surface area (Å²) in [6.07, 6.45) is 0. The highest BCUT2D eigenvalue weighted by molar-refractivity contribution is 9.10. The summed E-state index contributed by atoms with van der Waals surface area (Å²) in [6, 6.07) is 12.4. The third kappa shape index (κ3) is 5.86. The van der Waals surface area contributed by atoms with Crippen LogP contribution in [0.4, 0.5) is 9.18 Å². The van der Waals surface area contributed by atoms with E-state index >= 15 is 0 Å². The molecule has 0 aliphatic carbocycles. The molecule has 2 rings (SSSR count). The van der Waals surface area contributed by atoms with Gasteiger partial charge in [0, 0.05) is 23.1 Å². The first-order valence-electron chi connectivity index (χ1n) is 7.80. The summed E-state index contributed by atoms with van der Waals surface area (Å²) in [6.45, 7) is 2.43. The zero-order valence-electron chi connectivity index (χ0n) is 13.7. The molecule has 3 amide bonds. The summed E-state index contributed by atoms with van der Waals surface area (Å²) in [5.41, 5.74) is 1.34. The van der Waals surface area contributed by atoms with Crippen LogP contribution in [-0.4, -0.2) is 25.0 Å². The van der Waals surface area contributed by atoms with Gasteiger partial charge in [0.2, 0.25) is 0 Å². The van der Waals surface area contributed by atoms with Crippen molar-refractivity contribution in [1.82, 2.24) is 16.0 Å². The Balaban J connectivity index is 1.71. The first kappa shape index (κ1) is 18.9. The van der Waals surface area contributed by atoms with Gasteiger partial charge in [0.15, 0.2) is 0 Å². The monoisotopic (exact) mass is 407 g/mol. The number of urea groups is 1. The fourth-order valence-corrected chi connectivity index (χ4v) is 2.84. The van der Waals surface area contributed by atoms with Crippen LogP contribution in [0.5, 0.6) is 0 Å². The first-order valence-corrected chi connectivity index (χ1v) is 8.59. The van der Waals surface area contributed by atoms with Crippen molar-refractivity contribution >= 4 is 27.9 Å². The SMILES string of the molecule is CC(NC(=O)NCCNC(=O)c1ccc(F)cc1)c1ccccc1Br. The number of amides is 3. The van der Waals surface area contributed by atoms with Crippen molar-refractivity contribution in [3.63, 3.8) is 0 Å². The molecule has 5 nitrogen and oxygen atoms in total. The number of hydrogen-bond acceptors (Lipinski definition) is 2. The summed E-state index contributed by atoms with van der Waals surface area (Å²) in [5, 5.41) is 8.16. The number of hydrogen-bond donors (Lipinski definition) is 3. The van der Waals surface area contributed by atoms with Gasteiger partial charge in [-0.2, -0.15) is 0 Å². The summed E-state index contributed by atoms with van der Waals surface area (Å²) in [7, 11) is 0. The van der Waals surface area contributed by atoms with Crippen molar-refractivity contribution in [3.05, 3.63) is 69.9 Å². The summed E-state index contributed by atoms with van der Waals surface area (Å²) < 4.78 is 13.7. The molecule has 25 heavy (non-hydrogen) atoms. The Morgan fingerprint density at radius 1 is 1.04 bits per heavy atom. The van der Waals surface area contributed by atoms with Crippen molar-refractivity contribution in [1.29, 1.82) is 0 Å². The Kier molecular flexibility index (Phi) is 6.94. The van der Waals surface area contributed by atoms with Gasteiger partial charge in [-0.05, 0) is 42.8 Å². The minimum absolute atomic E-state index is 0.163. The van der Waals surface area contributed by atoms with Crippen molar-refractivity contribution in [3.8, 4) is 0 Å². The van der Waals surface area contributed by atoms with E-state index in [2.05, 4.69) is 31.9 Å². The summed E-state index contributed by atoms with van der Waals surface area (Å²) in [5.74, 6) is -0.710. The van der Waals surface area contributed by atoms with E-state index in [0.717, 1.165) is 10.0 Å². The molecule has 2 aromatic carbocycles. The van der Waals surface area contributed by atoms with E-state index in [1.54, 1.807) is 0 Å². The molecule has 1 unspecified atom stereocenters. The Labute approximate surface area is 154 Å². The highest BCUT2D eigenvalue weighted by Gasteiger charge is 2.11. The highest BCUT2D eigenvalue weighted by atomic mass is 79.9. The molecule has 0 radical (unpaired) electrons. The molecule has 7 heteroatoms. The van der Waals surface area contributed by atoms with Gasteiger partial charge in [0.1, 0.15) is 5.82 Å². The summed E-state index contributed by atoms with van der Waals surface area (Å²) in [4.78, 5) is 23.7. The van der Waals surface area contributed by atoms with Gasteiger partial charge in [-0.15, -0.1) is 0 Å². The second kappa shape index (κ2) is 9.17. The second-order valence-electron chi connectivity index (χ2n) is 5.41. The van der Waals surface area contributed by atoms with Crippen LogP contribution in [0.1, 0.15) is 28.9 Å². The van der Waals surface area contributed by atoms with Crippen molar-refractivity contribution in [2.45, 2.75) is 13.0 Å². The zero-order valence-corrected chi connectivity index (χ0v) is 15.3. The van der Waals surface area contributed by atoms with Crippen molar-refractivity contribution in [2.24, 2.45) is 0 Å². The largest absolute Gasteiger partial charge is 0.350 e. The third-order valence-electron chi connectivity index (χ3n) is 3.52. The maximum absolute atomic E-state index is 12.8. The Morgan fingerprint density at radius 3 is 2.36 bits per heavy atom. The topological polar surface area (TPSA) is 70.2 Å². The highest BCUT2D eigenvalue weighted by Crippen LogP contribution is 2.22. The Bertz CT molecular complexity index is 737. The number of nitrogens with one attached hydrogen (secondary N) is 3. The molecular weight excluding hydrogens is 389 g/mol. The van der Waals surface area contributed by atoms with Crippen LogP contribution in [0.2, 0.25) is 0 Å². The lowest BCUT2D eigenvalue weighted by molar-refractivity contribution is 0.0953. The zero-order chi connectivity index (χ0) is 18.2. The van der Waals surface area contributed by atoms with Gasteiger partial charge in [0.25, 0.3) is 5.91 Å². The minimum atomic E-state index is -0.394. The normalized spacial score (nSPS) is 11.5. The molecule has 0 bridgehead atoms. The number of carbonyl (C=O) groups excluding carboxylic acids is 2. The van der Waals surface area contributed by atoms with E-state index in [9.17, 15) is 14.0 Å². The quantitative estimate of drug-likeness (QED) is 0.642. The van der Waals surface area contributed by atoms with E-state index in [4.69, 9.17) is 0 Å². The smallest absolute Gasteiger partial charge is 0.315 e. The van der Waals surface area contributed by atoms with Crippen LogP contribution >= 0.6 is 15.9 Å². The Morgan fingerprint density at radius 2 is 1.68 bits per heavy atom. The first-order chi connectivity index (χ1) is 12.0. The van der Waals surface area contributed by atoms with Crippen LogP contribution < -0.4 is 16.0 Å². The van der Waals surface area contributed by atoms with Crippen LogP contribution in [-0.2, 0) is 0 Å². The molecule has 0 saturated heterocycles. The maximum atomic E-state index is 12.8. The van der Waals surface area contributed by atoms with Gasteiger partial charge < -0.3 is 16.0 Å². The average Bonchev–Trinajstić information content (AvgIpc) is 2.59. The van der Waals surface area contributed by atoms with Crippen LogP contribution in [0.25, 0.3) is 0 Å². The van der Waals surface area contributed by atoms with Gasteiger partial charge in [-0.3, -0.25) is 4.79 Å². The molecule has 0 aliphatic heterocycles. The predicted molar refractivity (Wildman–Crippen MR) is 97.8 cm³/mol. The lowest BCUT2D eigenvalue weighted by Gasteiger charge is -2.16. The van der Waals surface area contributed by atoms with Gasteiger partial charge in [-0.25, -0.2) is 9.18 Å². The van der Waals surface area contributed by atoms with Gasteiger partial charge in [0.05, 0.1) is 6.04 Å². The van der Waals surface area contributed by atoms with Crippen molar-refractivity contribution in [2.75, 3.05) is 13.1 Å². The maximum Gasteiger partial charge on any atom is 0.315 e. The lowest BCUT2D eigenvalue weighted by atomic mass is 10.1. The fraction of sp³-hybridized carbons (Fsp3) is 0.222. The van der Waals surface area contributed by atoms with E-state index < -0.39 is 5.82 Å². The molecule has 3 N–H and O–H groups in total. The van der Waals surface area contributed by atoms with Crippen molar-refractivity contribution < 1.29 is 14.0 Å².